The fourth-order valence-electron chi connectivity index (χ4n) is 1.80. The minimum absolute atomic E-state index is 1.15. The third kappa shape index (κ3) is 11.6. The summed E-state index contributed by atoms with van der Waals surface area (Å²) in [6.45, 7) is 7.83. The summed E-state index contributed by atoms with van der Waals surface area (Å²) in [5, 5.41) is 3.48. The minimum Gasteiger partial charge on any atom is -0.389 e. The molecular formula is C15H31N. The van der Waals surface area contributed by atoms with Gasteiger partial charge in [-0.05, 0) is 19.8 Å². The second-order valence-corrected chi connectivity index (χ2v) is 4.72. The van der Waals surface area contributed by atoms with Crippen molar-refractivity contribution in [3.05, 3.63) is 11.8 Å². The van der Waals surface area contributed by atoms with E-state index < -0.39 is 0 Å². The van der Waals surface area contributed by atoms with Crippen molar-refractivity contribution in [1.82, 2.24) is 5.32 Å². The predicted octanol–water partition coefficient (Wildman–Crippen LogP) is 5.03. The Hall–Kier alpha value is -0.460. The van der Waals surface area contributed by atoms with Gasteiger partial charge in [0.2, 0.25) is 0 Å². The Kier molecular flexibility index (Phi) is 12.2. The Labute approximate surface area is 103 Å². The van der Waals surface area contributed by atoms with Gasteiger partial charge in [-0.3, -0.25) is 0 Å². The van der Waals surface area contributed by atoms with Gasteiger partial charge in [-0.1, -0.05) is 64.9 Å². The molecule has 0 fully saturated rings. The number of hydrogen-bond donors (Lipinski definition) is 1. The van der Waals surface area contributed by atoms with E-state index >= 15 is 0 Å². The summed E-state index contributed by atoms with van der Waals surface area (Å²) in [6, 6.07) is 0. The molecule has 0 amide bonds. The zero-order chi connectivity index (χ0) is 12.1. The topological polar surface area (TPSA) is 12.0 Å². The molecule has 0 aromatic rings. The summed E-state index contributed by atoms with van der Waals surface area (Å²) < 4.78 is 0. The van der Waals surface area contributed by atoms with Crippen LogP contribution in [0.5, 0.6) is 0 Å². The lowest BCUT2D eigenvalue weighted by Crippen LogP contribution is -2.12. The van der Waals surface area contributed by atoms with Crippen LogP contribution in [-0.2, 0) is 0 Å². The molecule has 0 aromatic carbocycles. The number of hydrogen-bond acceptors (Lipinski definition) is 1. The first-order valence-electron chi connectivity index (χ1n) is 7.21. The van der Waals surface area contributed by atoms with E-state index in [0.29, 0.717) is 0 Å². The first-order valence-corrected chi connectivity index (χ1v) is 7.21. The first-order chi connectivity index (χ1) is 7.81. The van der Waals surface area contributed by atoms with Gasteiger partial charge in [0.1, 0.15) is 0 Å². The van der Waals surface area contributed by atoms with Crippen LogP contribution in [0.15, 0.2) is 11.8 Å². The second kappa shape index (κ2) is 12.6. The Balaban J connectivity index is 3.14. The molecule has 0 heterocycles. The summed E-state index contributed by atoms with van der Waals surface area (Å²) in [6.07, 6.45) is 14.5. The number of rotatable bonds is 11. The molecule has 16 heavy (non-hydrogen) atoms. The average molecular weight is 225 g/mol. The van der Waals surface area contributed by atoms with Crippen molar-refractivity contribution >= 4 is 0 Å². The summed E-state index contributed by atoms with van der Waals surface area (Å²) in [5.74, 6) is 0. The Morgan fingerprint density at radius 1 is 0.875 bits per heavy atom. The fourth-order valence-corrected chi connectivity index (χ4v) is 1.80. The van der Waals surface area contributed by atoms with E-state index in [1.165, 1.54) is 63.5 Å². The van der Waals surface area contributed by atoms with Crippen molar-refractivity contribution in [3.63, 3.8) is 0 Å². The van der Waals surface area contributed by atoms with Crippen LogP contribution < -0.4 is 5.32 Å². The van der Waals surface area contributed by atoms with Crippen LogP contribution in [0.1, 0.15) is 78.6 Å². The van der Waals surface area contributed by atoms with Crippen LogP contribution >= 0.6 is 0 Å². The summed E-state index contributed by atoms with van der Waals surface area (Å²) in [4.78, 5) is 0. The highest BCUT2D eigenvalue weighted by Crippen LogP contribution is 2.06. The molecule has 1 nitrogen and oxygen atoms in total. The van der Waals surface area contributed by atoms with Crippen LogP contribution in [0.3, 0.4) is 0 Å². The third-order valence-corrected chi connectivity index (χ3v) is 2.92. The van der Waals surface area contributed by atoms with Crippen LogP contribution in [0, 0.1) is 0 Å². The summed E-state index contributed by atoms with van der Waals surface area (Å²) in [7, 11) is 0. The van der Waals surface area contributed by atoms with Gasteiger partial charge in [-0.2, -0.15) is 0 Å². The lowest BCUT2D eigenvalue weighted by atomic mass is 10.1. The minimum atomic E-state index is 1.15. The van der Waals surface area contributed by atoms with E-state index in [1.807, 2.05) is 0 Å². The molecule has 0 aliphatic rings. The van der Waals surface area contributed by atoms with Gasteiger partial charge in [-0.25, -0.2) is 0 Å². The van der Waals surface area contributed by atoms with Gasteiger partial charge in [0.25, 0.3) is 0 Å². The first kappa shape index (κ1) is 15.5. The maximum Gasteiger partial charge on any atom is 0.0143 e. The quantitative estimate of drug-likeness (QED) is 0.486. The summed E-state index contributed by atoms with van der Waals surface area (Å²) >= 11 is 0. The molecule has 0 atom stereocenters. The van der Waals surface area contributed by atoms with Crippen LogP contribution in [0.4, 0.5) is 0 Å². The van der Waals surface area contributed by atoms with E-state index in [9.17, 15) is 0 Å². The molecule has 0 aliphatic heterocycles. The monoisotopic (exact) mass is 225 g/mol. The second-order valence-electron chi connectivity index (χ2n) is 4.72. The van der Waals surface area contributed by atoms with Gasteiger partial charge in [0.15, 0.2) is 0 Å². The summed E-state index contributed by atoms with van der Waals surface area (Å²) in [5.41, 5.74) is 1.35. The SMILES string of the molecule is CCC/C=C(\C)NCCCCCCCCC. The van der Waals surface area contributed by atoms with Crippen molar-refractivity contribution < 1.29 is 0 Å². The molecule has 0 aromatic heterocycles. The molecule has 0 radical (unpaired) electrons. The van der Waals surface area contributed by atoms with Gasteiger partial charge in [0.05, 0.1) is 0 Å². The molecule has 0 saturated carbocycles. The van der Waals surface area contributed by atoms with Gasteiger partial charge < -0.3 is 5.32 Å². The van der Waals surface area contributed by atoms with E-state index in [-0.39, 0.29) is 0 Å². The fraction of sp³-hybridized carbons (Fsp3) is 0.867. The van der Waals surface area contributed by atoms with E-state index in [4.69, 9.17) is 0 Å². The number of unbranched alkanes of at least 4 members (excludes halogenated alkanes) is 7. The zero-order valence-electron chi connectivity index (χ0n) is 11.6. The molecule has 0 spiro atoms. The highest BCUT2D eigenvalue weighted by molar-refractivity contribution is 4.94. The molecule has 0 aliphatic carbocycles. The van der Waals surface area contributed by atoms with Crippen LogP contribution in [-0.4, -0.2) is 6.54 Å². The van der Waals surface area contributed by atoms with Crippen molar-refractivity contribution in [3.8, 4) is 0 Å². The molecule has 0 rings (SSSR count). The molecule has 0 bridgehead atoms. The highest BCUT2D eigenvalue weighted by Gasteiger charge is 1.91. The van der Waals surface area contributed by atoms with E-state index in [0.717, 1.165) is 6.54 Å². The number of allylic oxidation sites excluding steroid dienone is 2. The van der Waals surface area contributed by atoms with Crippen LogP contribution in [0.25, 0.3) is 0 Å². The highest BCUT2D eigenvalue weighted by atomic mass is 14.9. The van der Waals surface area contributed by atoms with Crippen molar-refractivity contribution in [1.29, 1.82) is 0 Å². The Morgan fingerprint density at radius 2 is 1.50 bits per heavy atom. The lowest BCUT2D eigenvalue weighted by Gasteiger charge is -2.06. The Bertz CT molecular complexity index is 161. The van der Waals surface area contributed by atoms with Crippen molar-refractivity contribution in [2.24, 2.45) is 0 Å². The maximum atomic E-state index is 3.48. The molecule has 1 heteroatoms. The van der Waals surface area contributed by atoms with Gasteiger partial charge in [-0.15, -0.1) is 0 Å². The molecule has 1 N–H and O–H groups in total. The standard InChI is InChI=1S/C15H31N/c1-4-6-8-9-10-11-12-14-16-15(3)13-7-5-2/h13,16H,4-12,14H2,1-3H3/b15-13+. The zero-order valence-corrected chi connectivity index (χ0v) is 11.6. The van der Waals surface area contributed by atoms with Crippen molar-refractivity contribution in [2.75, 3.05) is 6.54 Å². The van der Waals surface area contributed by atoms with E-state index in [1.54, 1.807) is 0 Å². The van der Waals surface area contributed by atoms with Gasteiger partial charge >= 0.3 is 0 Å². The largest absolute Gasteiger partial charge is 0.389 e. The smallest absolute Gasteiger partial charge is 0.0143 e. The molecule has 0 unspecified atom stereocenters. The molecule has 96 valence electrons. The number of nitrogens with one attached hydrogen (secondary N) is 1. The Morgan fingerprint density at radius 3 is 2.12 bits per heavy atom. The third-order valence-electron chi connectivity index (χ3n) is 2.92. The van der Waals surface area contributed by atoms with Gasteiger partial charge in [0, 0.05) is 12.2 Å². The van der Waals surface area contributed by atoms with E-state index in [2.05, 4.69) is 32.2 Å². The van der Waals surface area contributed by atoms with Crippen LogP contribution in [0.2, 0.25) is 0 Å². The molecule has 0 saturated heterocycles. The average Bonchev–Trinajstić information content (AvgIpc) is 2.30. The molecular weight excluding hydrogens is 194 g/mol. The predicted molar refractivity (Wildman–Crippen MR) is 74.7 cm³/mol. The lowest BCUT2D eigenvalue weighted by molar-refractivity contribution is 0.578. The maximum absolute atomic E-state index is 3.48. The van der Waals surface area contributed by atoms with Crippen molar-refractivity contribution in [2.45, 2.75) is 78.6 Å². The normalized spacial score (nSPS) is 11.8.